The maximum atomic E-state index is 2.53. The fourth-order valence-corrected chi connectivity index (χ4v) is 10.0. The monoisotopic (exact) mass is 883 g/mol. The number of allylic oxidation sites excluding steroid dienone is 4. The number of para-hydroxylation sites is 1. The van der Waals surface area contributed by atoms with Gasteiger partial charge in [0.15, 0.2) is 0 Å². The molecule has 1 aliphatic carbocycles. The molecule has 0 radical (unpaired) electrons. The zero-order chi connectivity index (χ0) is 45.9. The third kappa shape index (κ3) is 8.21. The molecule has 0 spiro atoms. The van der Waals surface area contributed by atoms with E-state index in [9.17, 15) is 0 Å². The van der Waals surface area contributed by atoms with Crippen LogP contribution in [0, 0.1) is 0 Å². The lowest BCUT2D eigenvalue weighted by atomic mass is 10.0. The van der Waals surface area contributed by atoms with E-state index in [1.165, 1.54) is 55.2 Å². The van der Waals surface area contributed by atoms with Gasteiger partial charge in [0, 0.05) is 50.4 Å². The summed E-state index contributed by atoms with van der Waals surface area (Å²) in [6.45, 7) is 0. The van der Waals surface area contributed by atoms with Gasteiger partial charge < -0.3 is 14.4 Å². The average Bonchev–Trinajstić information content (AvgIpc) is 3.77. The van der Waals surface area contributed by atoms with Gasteiger partial charge in [-0.25, -0.2) is 0 Å². The molecule has 3 nitrogen and oxygen atoms in total. The molecule has 12 rings (SSSR count). The minimum absolute atomic E-state index is 0.240. The minimum Gasteiger partial charge on any atom is -0.333 e. The van der Waals surface area contributed by atoms with Crippen molar-refractivity contribution in [1.29, 1.82) is 0 Å². The SMILES string of the molecule is C1=CCC(n2c3ccccc3c3ccc(N(c4ccc(-c5ccccc5)cc4)c4ccc(-c5ccc(N(c6ccc(-c7ccccc7)cc6)c6ccc(-c7ccccc7)cc6)cc5)cc4)cc32)C=C1. The van der Waals surface area contributed by atoms with Gasteiger partial charge in [0.25, 0.3) is 0 Å². The number of aromatic nitrogens is 1. The lowest BCUT2D eigenvalue weighted by Gasteiger charge is -2.27. The number of anilines is 6. The van der Waals surface area contributed by atoms with Crippen LogP contribution in [0.3, 0.4) is 0 Å². The second-order valence-corrected chi connectivity index (χ2v) is 17.7. The van der Waals surface area contributed by atoms with Crippen LogP contribution in [0.25, 0.3) is 66.3 Å². The van der Waals surface area contributed by atoms with E-state index in [0.717, 1.165) is 51.7 Å². The molecule has 0 bridgehead atoms. The van der Waals surface area contributed by atoms with E-state index in [-0.39, 0.29) is 6.04 Å². The van der Waals surface area contributed by atoms with Gasteiger partial charge in [0.1, 0.15) is 0 Å². The summed E-state index contributed by atoms with van der Waals surface area (Å²) in [5.74, 6) is 0. The minimum atomic E-state index is 0.240. The Bertz CT molecular complexity index is 3490. The van der Waals surface area contributed by atoms with E-state index in [2.05, 4.69) is 293 Å². The summed E-state index contributed by atoms with van der Waals surface area (Å²) >= 11 is 0. The number of rotatable bonds is 11. The molecule has 328 valence electrons. The van der Waals surface area contributed by atoms with Gasteiger partial charge in [-0.15, -0.1) is 0 Å². The molecule has 1 unspecified atom stereocenters. The van der Waals surface area contributed by atoms with Crippen molar-refractivity contribution in [2.75, 3.05) is 9.80 Å². The summed E-state index contributed by atoms with van der Waals surface area (Å²) in [6.07, 6.45) is 9.90. The van der Waals surface area contributed by atoms with Crippen molar-refractivity contribution in [3.63, 3.8) is 0 Å². The van der Waals surface area contributed by atoms with Crippen LogP contribution in [0.1, 0.15) is 12.5 Å². The van der Waals surface area contributed by atoms with Crippen molar-refractivity contribution in [2.45, 2.75) is 12.5 Å². The average molecular weight is 884 g/mol. The Kier molecular flexibility index (Phi) is 11.1. The Morgan fingerprint density at radius 1 is 0.290 bits per heavy atom. The number of hydrogen-bond donors (Lipinski definition) is 0. The fraction of sp³-hybridized carbons (Fsp3) is 0.0303. The molecule has 0 amide bonds. The molecule has 1 aromatic heterocycles. The van der Waals surface area contributed by atoms with E-state index < -0.39 is 0 Å². The Hall–Kier alpha value is -8.92. The molecule has 69 heavy (non-hydrogen) atoms. The summed E-state index contributed by atoms with van der Waals surface area (Å²) in [7, 11) is 0. The predicted octanol–water partition coefficient (Wildman–Crippen LogP) is 18.5. The molecule has 0 saturated carbocycles. The van der Waals surface area contributed by atoms with Crippen molar-refractivity contribution in [2.24, 2.45) is 0 Å². The van der Waals surface area contributed by atoms with Crippen LogP contribution in [-0.2, 0) is 0 Å². The van der Waals surface area contributed by atoms with Gasteiger partial charge >= 0.3 is 0 Å². The molecule has 0 fully saturated rings. The van der Waals surface area contributed by atoms with Crippen LogP contribution >= 0.6 is 0 Å². The lowest BCUT2D eigenvalue weighted by molar-refractivity contribution is 0.648. The largest absolute Gasteiger partial charge is 0.333 e. The van der Waals surface area contributed by atoms with E-state index in [1.54, 1.807) is 0 Å². The van der Waals surface area contributed by atoms with E-state index in [0.29, 0.717) is 0 Å². The molecule has 0 N–H and O–H groups in total. The molecule has 11 aromatic rings. The van der Waals surface area contributed by atoms with Crippen LogP contribution in [0.2, 0.25) is 0 Å². The topological polar surface area (TPSA) is 11.4 Å². The molecule has 1 heterocycles. The first-order chi connectivity index (χ1) is 34.2. The van der Waals surface area contributed by atoms with Gasteiger partial charge in [-0.1, -0.05) is 200 Å². The van der Waals surface area contributed by atoms with Crippen molar-refractivity contribution < 1.29 is 0 Å². The first-order valence-corrected chi connectivity index (χ1v) is 23.9. The van der Waals surface area contributed by atoms with Crippen LogP contribution in [-0.4, -0.2) is 4.57 Å². The molecule has 1 aliphatic rings. The third-order valence-electron chi connectivity index (χ3n) is 13.5. The van der Waals surface area contributed by atoms with Gasteiger partial charge in [-0.2, -0.15) is 0 Å². The maximum Gasteiger partial charge on any atom is 0.0560 e. The number of hydrogen-bond acceptors (Lipinski definition) is 2. The van der Waals surface area contributed by atoms with E-state index >= 15 is 0 Å². The van der Waals surface area contributed by atoms with Crippen molar-refractivity contribution in [1.82, 2.24) is 4.57 Å². The van der Waals surface area contributed by atoms with Crippen LogP contribution in [0.15, 0.2) is 279 Å². The smallest absolute Gasteiger partial charge is 0.0560 e. The highest BCUT2D eigenvalue weighted by Crippen LogP contribution is 2.43. The maximum absolute atomic E-state index is 2.53. The van der Waals surface area contributed by atoms with Crippen LogP contribution in [0.4, 0.5) is 34.1 Å². The Balaban J connectivity index is 0.899. The van der Waals surface area contributed by atoms with Gasteiger partial charge in [-0.3, -0.25) is 0 Å². The molecule has 0 aliphatic heterocycles. The second kappa shape index (κ2) is 18.4. The van der Waals surface area contributed by atoms with Gasteiger partial charge in [0.05, 0.1) is 11.6 Å². The second-order valence-electron chi connectivity index (χ2n) is 17.7. The first kappa shape index (κ1) is 41.5. The summed E-state index contributed by atoms with van der Waals surface area (Å²) < 4.78 is 2.53. The van der Waals surface area contributed by atoms with E-state index in [4.69, 9.17) is 0 Å². The zero-order valence-electron chi connectivity index (χ0n) is 38.2. The van der Waals surface area contributed by atoms with Gasteiger partial charge in [-0.05, 0) is 130 Å². The van der Waals surface area contributed by atoms with Crippen molar-refractivity contribution in [3.05, 3.63) is 279 Å². The van der Waals surface area contributed by atoms with Crippen LogP contribution in [0.5, 0.6) is 0 Å². The first-order valence-electron chi connectivity index (χ1n) is 23.9. The van der Waals surface area contributed by atoms with Gasteiger partial charge in [0.2, 0.25) is 0 Å². The standard InChI is InChI=1S/C66H49N3/c1-5-15-48(16-6-1)51-25-35-57(36-26-51)67(58-37-27-52(28-38-58)49-17-7-2-8-18-49)59-39-31-54(32-40-59)55-33-43-61(44-34-55)68(60-41-29-53(30-42-60)50-19-9-3-10-20-50)62-45-46-64-63-23-13-14-24-65(63)69(66(64)47-62)56-21-11-4-12-22-56/h1-21,23-47,56H,22H2. The summed E-state index contributed by atoms with van der Waals surface area (Å²) in [5.41, 5.74) is 18.6. The molecule has 1 atom stereocenters. The van der Waals surface area contributed by atoms with Crippen LogP contribution < -0.4 is 9.80 Å². The van der Waals surface area contributed by atoms with E-state index in [1.807, 2.05) is 0 Å². The molecular formula is C66H49N3. The molecule has 3 heteroatoms. The number of nitrogens with zero attached hydrogens (tertiary/aromatic N) is 3. The lowest BCUT2D eigenvalue weighted by Crippen LogP contribution is -2.11. The quantitative estimate of drug-likeness (QED) is 0.128. The fourth-order valence-electron chi connectivity index (χ4n) is 10.0. The normalized spacial score (nSPS) is 13.2. The highest BCUT2D eigenvalue weighted by Gasteiger charge is 2.21. The number of benzene rings is 10. The Labute approximate surface area is 404 Å². The Morgan fingerprint density at radius 2 is 0.623 bits per heavy atom. The van der Waals surface area contributed by atoms with Crippen molar-refractivity contribution in [3.8, 4) is 44.5 Å². The summed E-state index contributed by atoms with van der Waals surface area (Å²) in [6, 6.07) is 92.5. The highest BCUT2D eigenvalue weighted by atomic mass is 15.1. The molecule has 10 aromatic carbocycles. The number of fused-ring (bicyclic) bond motifs is 3. The summed E-state index contributed by atoms with van der Waals surface area (Å²) in [5, 5.41) is 2.55. The Morgan fingerprint density at radius 3 is 1.01 bits per heavy atom. The zero-order valence-corrected chi connectivity index (χ0v) is 38.2. The summed E-state index contributed by atoms with van der Waals surface area (Å²) in [4.78, 5) is 4.73. The predicted molar refractivity (Wildman–Crippen MR) is 292 cm³/mol. The molecule has 0 saturated heterocycles. The third-order valence-corrected chi connectivity index (χ3v) is 13.5. The van der Waals surface area contributed by atoms with Crippen molar-refractivity contribution >= 4 is 55.9 Å². The molecular weight excluding hydrogens is 835 g/mol. The highest BCUT2D eigenvalue weighted by molar-refractivity contribution is 6.09.